The standard InChI is InChI=1S/C24H14BrClFNO3/c25-15-5-10-19-18(11-15)22(29)20-21(14-3-6-16(26)7-4-14)28(24(30)23(20)31-19)12-13-1-8-17(27)9-2-13/h1-11,21H,12H2. The zero-order chi connectivity index (χ0) is 21.7. The average molecular weight is 499 g/mol. The molecule has 1 atom stereocenters. The highest BCUT2D eigenvalue weighted by atomic mass is 79.9. The lowest BCUT2D eigenvalue weighted by Crippen LogP contribution is -2.29. The van der Waals surface area contributed by atoms with Gasteiger partial charge in [-0.2, -0.15) is 0 Å². The number of nitrogens with zero attached hydrogens (tertiary/aromatic N) is 1. The van der Waals surface area contributed by atoms with Crippen LogP contribution in [0.25, 0.3) is 11.0 Å². The van der Waals surface area contributed by atoms with E-state index in [4.69, 9.17) is 16.0 Å². The summed E-state index contributed by atoms with van der Waals surface area (Å²) in [7, 11) is 0. The van der Waals surface area contributed by atoms with Gasteiger partial charge in [0.2, 0.25) is 5.76 Å². The van der Waals surface area contributed by atoms with Crippen LogP contribution in [0.3, 0.4) is 0 Å². The molecule has 0 spiro atoms. The molecule has 3 aromatic carbocycles. The maximum Gasteiger partial charge on any atom is 0.291 e. The number of carbonyl (C=O) groups excluding carboxylic acids is 1. The van der Waals surface area contributed by atoms with Crippen LogP contribution in [0.5, 0.6) is 0 Å². The molecule has 1 amide bonds. The van der Waals surface area contributed by atoms with Gasteiger partial charge in [-0.25, -0.2) is 4.39 Å². The second-order valence-electron chi connectivity index (χ2n) is 7.33. The van der Waals surface area contributed by atoms with Crippen LogP contribution < -0.4 is 5.43 Å². The number of hydrogen-bond acceptors (Lipinski definition) is 3. The Morgan fingerprint density at radius 2 is 1.71 bits per heavy atom. The maximum atomic E-state index is 13.5. The summed E-state index contributed by atoms with van der Waals surface area (Å²) in [4.78, 5) is 28.4. The molecule has 1 aliphatic rings. The van der Waals surface area contributed by atoms with Gasteiger partial charge < -0.3 is 9.32 Å². The fourth-order valence-electron chi connectivity index (χ4n) is 3.93. The van der Waals surface area contributed by atoms with Crippen molar-refractivity contribution < 1.29 is 13.6 Å². The highest BCUT2D eigenvalue weighted by Crippen LogP contribution is 2.39. The van der Waals surface area contributed by atoms with Crippen LogP contribution in [0, 0.1) is 5.82 Å². The van der Waals surface area contributed by atoms with Gasteiger partial charge in [-0.1, -0.05) is 51.8 Å². The number of benzene rings is 3. The van der Waals surface area contributed by atoms with E-state index in [1.54, 1.807) is 59.5 Å². The summed E-state index contributed by atoms with van der Waals surface area (Å²) >= 11 is 9.44. The molecule has 4 aromatic rings. The van der Waals surface area contributed by atoms with E-state index in [2.05, 4.69) is 15.9 Å². The predicted octanol–water partition coefficient (Wildman–Crippen LogP) is 6.09. The van der Waals surface area contributed by atoms with Crippen molar-refractivity contribution in [1.29, 1.82) is 0 Å². The van der Waals surface area contributed by atoms with Gasteiger partial charge in [0, 0.05) is 16.0 Å². The lowest BCUT2D eigenvalue weighted by molar-refractivity contribution is 0.0714. The highest BCUT2D eigenvalue weighted by Gasteiger charge is 2.42. The summed E-state index contributed by atoms with van der Waals surface area (Å²) < 4.78 is 20.0. The third-order valence-corrected chi connectivity index (χ3v) is 6.12. The molecule has 0 saturated heterocycles. The van der Waals surface area contributed by atoms with Crippen LogP contribution in [-0.2, 0) is 6.54 Å². The first-order valence-corrected chi connectivity index (χ1v) is 10.7. The van der Waals surface area contributed by atoms with Gasteiger partial charge in [0.25, 0.3) is 5.91 Å². The van der Waals surface area contributed by atoms with Gasteiger partial charge >= 0.3 is 0 Å². The summed E-state index contributed by atoms with van der Waals surface area (Å²) in [5, 5.41) is 0.941. The van der Waals surface area contributed by atoms with E-state index in [0.29, 0.717) is 21.6 Å². The minimum Gasteiger partial charge on any atom is -0.450 e. The molecular weight excluding hydrogens is 485 g/mol. The van der Waals surface area contributed by atoms with Crippen molar-refractivity contribution in [3.8, 4) is 0 Å². The van der Waals surface area contributed by atoms with Crippen molar-refractivity contribution in [2.75, 3.05) is 0 Å². The molecule has 31 heavy (non-hydrogen) atoms. The molecule has 0 bridgehead atoms. The van der Waals surface area contributed by atoms with Crippen LogP contribution in [0.4, 0.5) is 4.39 Å². The van der Waals surface area contributed by atoms with Crippen LogP contribution in [-0.4, -0.2) is 10.8 Å². The molecule has 0 aliphatic carbocycles. The Kier molecular flexibility index (Phi) is 4.91. The first kappa shape index (κ1) is 20.0. The van der Waals surface area contributed by atoms with E-state index < -0.39 is 6.04 Å². The van der Waals surface area contributed by atoms with E-state index in [-0.39, 0.29) is 29.5 Å². The number of halogens is 3. The number of hydrogen-bond donors (Lipinski definition) is 0. The number of carbonyl (C=O) groups is 1. The van der Waals surface area contributed by atoms with Crippen molar-refractivity contribution in [2.45, 2.75) is 12.6 Å². The predicted molar refractivity (Wildman–Crippen MR) is 120 cm³/mol. The Morgan fingerprint density at radius 1 is 1.00 bits per heavy atom. The van der Waals surface area contributed by atoms with Crippen molar-refractivity contribution in [2.24, 2.45) is 0 Å². The average Bonchev–Trinajstić information content (AvgIpc) is 3.03. The molecule has 0 fully saturated rings. The number of rotatable bonds is 3. The van der Waals surface area contributed by atoms with Gasteiger partial charge in [0.05, 0.1) is 17.0 Å². The van der Waals surface area contributed by atoms with Crippen LogP contribution >= 0.6 is 27.5 Å². The topological polar surface area (TPSA) is 50.5 Å². The summed E-state index contributed by atoms with van der Waals surface area (Å²) in [6, 6.07) is 17.4. The molecule has 2 heterocycles. The van der Waals surface area contributed by atoms with E-state index in [1.807, 2.05) is 0 Å². The SMILES string of the molecule is O=C1c2oc3ccc(Br)cc3c(=O)c2C(c2ccc(Cl)cc2)N1Cc1ccc(F)cc1. The highest BCUT2D eigenvalue weighted by molar-refractivity contribution is 9.10. The maximum absolute atomic E-state index is 13.5. The van der Waals surface area contributed by atoms with Gasteiger partial charge in [-0.15, -0.1) is 0 Å². The Balaban J connectivity index is 1.72. The first-order chi connectivity index (χ1) is 14.9. The molecule has 1 unspecified atom stereocenters. The van der Waals surface area contributed by atoms with E-state index in [9.17, 15) is 14.0 Å². The van der Waals surface area contributed by atoms with Crippen LogP contribution in [0.2, 0.25) is 5.02 Å². The zero-order valence-electron chi connectivity index (χ0n) is 15.9. The smallest absolute Gasteiger partial charge is 0.291 e. The van der Waals surface area contributed by atoms with Crippen molar-refractivity contribution in [3.05, 3.63) is 115 Å². The van der Waals surface area contributed by atoms with Crippen molar-refractivity contribution in [1.82, 2.24) is 4.90 Å². The molecule has 1 aliphatic heterocycles. The van der Waals surface area contributed by atoms with Gasteiger partial charge in [0.1, 0.15) is 11.4 Å². The van der Waals surface area contributed by atoms with Gasteiger partial charge in [-0.05, 0) is 53.6 Å². The van der Waals surface area contributed by atoms with E-state index >= 15 is 0 Å². The molecule has 1 aromatic heterocycles. The van der Waals surface area contributed by atoms with Crippen molar-refractivity contribution >= 4 is 44.4 Å². The largest absolute Gasteiger partial charge is 0.450 e. The molecule has 0 saturated carbocycles. The monoisotopic (exact) mass is 497 g/mol. The molecule has 5 rings (SSSR count). The number of amides is 1. The Morgan fingerprint density at radius 3 is 2.42 bits per heavy atom. The Bertz CT molecular complexity index is 1380. The quantitative estimate of drug-likeness (QED) is 0.343. The molecule has 7 heteroatoms. The third kappa shape index (κ3) is 3.46. The molecule has 0 N–H and O–H groups in total. The lowest BCUT2D eigenvalue weighted by Gasteiger charge is -2.25. The first-order valence-electron chi connectivity index (χ1n) is 9.49. The minimum atomic E-state index is -0.649. The normalized spacial score (nSPS) is 15.5. The van der Waals surface area contributed by atoms with Crippen LogP contribution in [0.15, 0.2) is 80.4 Å². The summed E-state index contributed by atoms with van der Waals surface area (Å²) in [6.45, 7) is 0.191. The van der Waals surface area contributed by atoms with Crippen LogP contribution in [0.1, 0.15) is 33.3 Å². The third-order valence-electron chi connectivity index (χ3n) is 5.38. The summed E-state index contributed by atoms with van der Waals surface area (Å²) in [5.74, 6) is -0.717. The molecule has 4 nitrogen and oxygen atoms in total. The Hall–Kier alpha value is -2.96. The molecular formula is C24H14BrClFNO3. The van der Waals surface area contributed by atoms with Gasteiger partial charge in [0.15, 0.2) is 5.43 Å². The fraction of sp³-hybridized carbons (Fsp3) is 0.0833. The second-order valence-corrected chi connectivity index (χ2v) is 8.68. The van der Waals surface area contributed by atoms with Crippen molar-refractivity contribution in [3.63, 3.8) is 0 Å². The molecule has 154 valence electrons. The summed E-state index contributed by atoms with van der Waals surface area (Å²) in [6.07, 6.45) is 0. The Labute approximate surface area is 190 Å². The zero-order valence-corrected chi connectivity index (χ0v) is 18.3. The summed E-state index contributed by atoms with van der Waals surface area (Å²) in [5.41, 5.74) is 1.85. The van der Waals surface area contributed by atoms with Gasteiger partial charge in [-0.3, -0.25) is 9.59 Å². The number of fused-ring (bicyclic) bond motifs is 2. The minimum absolute atomic E-state index is 0.0295. The molecule has 0 radical (unpaired) electrons. The second kappa shape index (κ2) is 7.62. The van der Waals surface area contributed by atoms with E-state index in [1.165, 1.54) is 12.1 Å². The fourth-order valence-corrected chi connectivity index (χ4v) is 4.42. The lowest BCUT2D eigenvalue weighted by atomic mass is 9.98. The van der Waals surface area contributed by atoms with E-state index in [0.717, 1.165) is 15.6 Å².